The van der Waals surface area contributed by atoms with Gasteiger partial charge >= 0.3 is 0 Å². The summed E-state index contributed by atoms with van der Waals surface area (Å²) in [5.41, 5.74) is 3.04. The van der Waals surface area contributed by atoms with Gasteiger partial charge in [0, 0.05) is 0 Å². The summed E-state index contributed by atoms with van der Waals surface area (Å²) in [6.45, 7) is 21.0. The molecule has 0 amide bonds. The molecule has 0 bridgehead atoms. The molecule has 0 heterocycles. The molecular formula is C21H34. The third kappa shape index (κ3) is 0.749. The van der Waals surface area contributed by atoms with Gasteiger partial charge in [0.05, 0.1) is 0 Å². The lowest BCUT2D eigenvalue weighted by Crippen LogP contribution is -2.97. The average Bonchev–Trinajstić information content (AvgIpc) is 2.70. The van der Waals surface area contributed by atoms with Gasteiger partial charge in [0.1, 0.15) is 0 Å². The topological polar surface area (TPSA) is 0 Å². The first-order valence-electron chi connectivity index (χ1n) is 9.54. The highest BCUT2D eigenvalue weighted by molar-refractivity contribution is 5.45. The fourth-order valence-corrected chi connectivity index (χ4v) is 10.4. The monoisotopic (exact) mass is 286 g/mol. The van der Waals surface area contributed by atoms with Crippen LogP contribution in [0.15, 0.2) is 0 Å². The smallest absolute Gasteiger partial charge is 0.0168 e. The van der Waals surface area contributed by atoms with Crippen molar-refractivity contribution in [1.82, 2.24) is 0 Å². The zero-order valence-electron chi connectivity index (χ0n) is 15.4. The maximum absolute atomic E-state index is 2.72. The minimum atomic E-state index is 0.542. The van der Waals surface area contributed by atoms with Gasteiger partial charge in [0.2, 0.25) is 0 Å². The summed E-state index contributed by atoms with van der Waals surface area (Å²) in [5.74, 6) is 6.14. The van der Waals surface area contributed by atoms with Crippen molar-refractivity contribution < 1.29 is 0 Å². The van der Waals surface area contributed by atoms with Crippen LogP contribution in [0.25, 0.3) is 0 Å². The lowest BCUT2D eigenvalue weighted by Gasteiger charge is -3.01. The largest absolute Gasteiger partial charge is 0.0620 e. The molecule has 10 unspecified atom stereocenters. The second kappa shape index (κ2) is 2.89. The number of hydrogen-bond acceptors (Lipinski definition) is 0. The number of fused-ring (bicyclic) bond motifs is 10. The molecule has 5 aliphatic rings. The van der Waals surface area contributed by atoms with Crippen molar-refractivity contribution in [2.24, 2.45) is 62.6 Å². The van der Waals surface area contributed by atoms with Crippen molar-refractivity contribution in [2.75, 3.05) is 0 Å². The Morgan fingerprint density at radius 2 is 1.29 bits per heavy atom. The Bertz CT molecular complexity index is 560. The molecule has 0 aromatic carbocycles. The molecule has 5 saturated carbocycles. The molecule has 0 spiro atoms. The van der Waals surface area contributed by atoms with E-state index in [2.05, 4.69) is 55.4 Å². The third-order valence-corrected chi connectivity index (χ3v) is 12.2. The lowest BCUT2D eigenvalue weighted by atomic mass is 9.03. The van der Waals surface area contributed by atoms with E-state index in [0.717, 1.165) is 35.5 Å². The predicted octanol–water partition coefficient (Wildman–Crippen LogP) is 5.62. The van der Waals surface area contributed by atoms with Crippen molar-refractivity contribution in [3.8, 4) is 0 Å². The molecule has 0 aromatic heterocycles. The summed E-state index contributed by atoms with van der Waals surface area (Å²) in [6, 6.07) is 0. The maximum atomic E-state index is 2.72. The molecule has 0 aliphatic heterocycles. The molecule has 10 atom stereocenters. The molecule has 0 radical (unpaired) electrons. The van der Waals surface area contributed by atoms with Gasteiger partial charge in [-0.1, -0.05) is 55.4 Å². The summed E-state index contributed by atoms with van der Waals surface area (Å²) >= 11 is 0. The first kappa shape index (κ1) is 13.4. The van der Waals surface area contributed by atoms with Gasteiger partial charge in [-0.3, -0.25) is 0 Å². The van der Waals surface area contributed by atoms with E-state index >= 15 is 0 Å². The van der Waals surface area contributed by atoms with E-state index in [0.29, 0.717) is 27.1 Å². The minimum absolute atomic E-state index is 0.542. The first-order chi connectivity index (χ1) is 9.54. The fraction of sp³-hybridized carbons (Fsp3) is 1.00. The third-order valence-electron chi connectivity index (χ3n) is 12.2. The van der Waals surface area contributed by atoms with Crippen LogP contribution in [0.5, 0.6) is 0 Å². The van der Waals surface area contributed by atoms with Crippen LogP contribution in [0.4, 0.5) is 0 Å². The standard InChI is InChI=1S/C21H34/c1-11-9-10-13-15-16-14-12(2)17(3,4)19(14,6)21(16,8)20(15,7)18(11,13)5/h11-16H,9-10H2,1-8H3. The van der Waals surface area contributed by atoms with Gasteiger partial charge in [-0.25, -0.2) is 0 Å². The molecule has 5 aliphatic carbocycles. The molecule has 0 N–H and O–H groups in total. The van der Waals surface area contributed by atoms with Crippen molar-refractivity contribution in [3.05, 3.63) is 0 Å². The van der Waals surface area contributed by atoms with Gasteiger partial charge in [-0.15, -0.1) is 0 Å². The number of rotatable bonds is 0. The summed E-state index contributed by atoms with van der Waals surface area (Å²) in [6.07, 6.45) is 3.03. The summed E-state index contributed by atoms with van der Waals surface area (Å²) < 4.78 is 0. The Morgan fingerprint density at radius 1 is 0.667 bits per heavy atom. The maximum Gasteiger partial charge on any atom is -0.0168 e. The van der Waals surface area contributed by atoms with E-state index in [9.17, 15) is 0 Å². The van der Waals surface area contributed by atoms with Crippen LogP contribution in [0.2, 0.25) is 0 Å². The van der Waals surface area contributed by atoms with Crippen LogP contribution in [0.1, 0.15) is 68.2 Å². The van der Waals surface area contributed by atoms with E-state index < -0.39 is 0 Å². The quantitative estimate of drug-likeness (QED) is 0.507. The van der Waals surface area contributed by atoms with E-state index in [-0.39, 0.29) is 0 Å². The zero-order valence-corrected chi connectivity index (χ0v) is 15.4. The van der Waals surface area contributed by atoms with E-state index in [4.69, 9.17) is 0 Å². The van der Waals surface area contributed by atoms with Crippen LogP contribution in [0, 0.1) is 62.6 Å². The molecule has 118 valence electrons. The highest BCUT2D eigenvalue weighted by Crippen LogP contribution is 3.02. The van der Waals surface area contributed by atoms with E-state index in [1.807, 2.05) is 0 Å². The molecule has 0 heteroatoms. The molecule has 5 fully saturated rings. The Morgan fingerprint density at radius 3 is 1.90 bits per heavy atom. The highest BCUT2D eigenvalue weighted by Gasteiger charge is 2.98. The van der Waals surface area contributed by atoms with E-state index in [1.54, 1.807) is 0 Å². The molecule has 0 nitrogen and oxygen atoms in total. The molecule has 0 aromatic rings. The number of hydrogen-bond donors (Lipinski definition) is 0. The van der Waals surface area contributed by atoms with Gasteiger partial charge in [0.15, 0.2) is 0 Å². The second-order valence-corrected chi connectivity index (χ2v) is 11.1. The van der Waals surface area contributed by atoms with Crippen LogP contribution < -0.4 is 0 Å². The summed E-state index contributed by atoms with van der Waals surface area (Å²) in [4.78, 5) is 0. The van der Waals surface area contributed by atoms with Gasteiger partial charge in [0.25, 0.3) is 0 Å². The Labute approximate surface area is 131 Å². The fourth-order valence-electron chi connectivity index (χ4n) is 10.4. The second-order valence-electron chi connectivity index (χ2n) is 11.1. The van der Waals surface area contributed by atoms with E-state index in [1.165, 1.54) is 12.8 Å². The molecular weight excluding hydrogens is 252 g/mol. The van der Waals surface area contributed by atoms with Crippen LogP contribution in [-0.4, -0.2) is 0 Å². The molecule has 0 saturated heterocycles. The summed E-state index contributed by atoms with van der Waals surface area (Å²) in [7, 11) is 0. The predicted molar refractivity (Wildman–Crippen MR) is 87.7 cm³/mol. The normalized spacial score (nSPS) is 75.4. The van der Waals surface area contributed by atoms with Crippen molar-refractivity contribution in [3.63, 3.8) is 0 Å². The van der Waals surface area contributed by atoms with Crippen molar-refractivity contribution in [2.45, 2.75) is 68.2 Å². The lowest BCUT2D eigenvalue weighted by molar-refractivity contribution is -0.542. The van der Waals surface area contributed by atoms with Crippen LogP contribution in [0.3, 0.4) is 0 Å². The molecule has 5 rings (SSSR count). The Hall–Kier alpha value is 0. The summed E-state index contributed by atoms with van der Waals surface area (Å²) in [5, 5.41) is 0. The zero-order chi connectivity index (χ0) is 15.4. The first-order valence-corrected chi connectivity index (χ1v) is 9.54. The Balaban J connectivity index is 1.65. The Kier molecular flexibility index (Phi) is 1.85. The van der Waals surface area contributed by atoms with Gasteiger partial charge in [-0.05, 0) is 75.4 Å². The van der Waals surface area contributed by atoms with Crippen molar-refractivity contribution >= 4 is 0 Å². The highest BCUT2D eigenvalue weighted by atomic mass is 15.0. The SMILES string of the molecule is CC1C2C3C4C5CCC(C)C5(C)C4(C)C3(C)C2(C)C1(C)C. The van der Waals surface area contributed by atoms with Gasteiger partial charge in [-0.2, -0.15) is 0 Å². The average molecular weight is 287 g/mol. The van der Waals surface area contributed by atoms with Crippen LogP contribution in [-0.2, 0) is 0 Å². The minimum Gasteiger partial charge on any atom is -0.0620 e. The van der Waals surface area contributed by atoms with Crippen molar-refractivity contribution in [1.29, 1.82) is 0 Å². The van der Waals surface area contributed by atoms with Crippen LogP contribution >= 0.6 is 0 Å². The molecule has 21 heavy (non-hydrogen) atoms. The van der Waals surface area contributed by atoms with Gasteiger partial charge < -0.3 is 0 Å².